The number of piperidine rings is 1. The number of likely N-dealkylation sites (tertiary alicyclic amines) is 1. The van der Waals surface area contributed by atoms with E-state index in [-0.39, 0.29) is 5.91 Å². The fraction of sp³-hybridized carbons (Fsp3) is 0.368. The molecule has 0 unspecified atom stereocenters. The molecule has 0 N–H and O–H groups in total. The van der Waals surface area contributed by atoms with Gasteiger partial charge in [-0.05, 0) is 51.2 Å². The van der Waals surface area contributed by atoms with Crippen molar-refractivity contribution < 1.29 is 9.53 Å². The summed E-state index contributed by atoms with van der Waals surface area (Å²) in [5.41, 5.74) is 0.609. The smallest absolute Gasteiger partial charge is 0.254 e. The highest BCUT2D eigenvalue weighted by Gasteiger charge is 2.25. The van der Waals surface area contributed by atoms with Gasteiger partial charge in [0.05, 0.1) is 0 Å². The maximum absolute atomic E-state index is 12.8. The van der Waals surface area contributed by atoms with Crippen LogP contribution >= 0.6 is 0 Å². The monoisotopic (exact) mass is 325 g/mol. The fourth-order valence-corrected chi connectivity index (χ4v) is 2.96. The first-order valence-corrected chi connectivity index (χ1v) is 8.28. The maximum atomic E-state index is 12.8. The van der Waals surface area contributed by atoms with E-state index < -0.39 is 0 Å². The number of rotatable bonds is 4. The fourth-order valence-electron chi connectivity index (χ4n) is 2.96. The minimum Gasteiger partial charge on any atom is -0.439 e. The second-order valence-electron chi connectivity index (χ2n) is 6.25. The van der Waals surface area contributed by atoms with Crippen LogP contribution < -0.4 is 4.74 Å². The molecule has 126 valence electrons. The Morgan fingerprint density at radius 2 is 1.92 bits per heavy atom. The summed E-state index contributed by atoms with van der Waals surface area (Å²) in [7, 11) is 4.00. The average molecular weight is 325 g/mol. The Morgan fingerprint density at radius 1 is 1.21 bits per heavy atom. The van der Waals surface area contributed by atoms with Gasteiger partial charge in [-0.2, -0.15) is 0 Å². The van der Waals surface area contributed by atoms with Crippen molar-refractivity contribution in [3.63, 3.8) is 0 Å². The molecule has 0 atom stereocenters. The molecule has 3 rings (SSSR count). The lowest BCUT2D eigenvalue weighted by Gasteiger charge is -2.35. The number of carbonyl (C=O) groups excluding carboxylic acids is 1. The van der Waals surface area contributed by atoms with Crippen molar-refractivity contribution in [2.45, 2.75) is 18.9 Å². The van der Waals surface area contributed by atoms with Crippen LogP contribution in [0, 0.1) is 0 Å². The Morgan fingerprint density at radius 3 is 2.62 bits per heavy atom. The predicted octanol–water partition coefficient (Wildman–Crippen LogP) is 3.04. The van der Waals surface area contributed by atoms with Gasteiger partial charge < -0.3 is 14.5 Å². The SMILES string of the molecule is CN1CCC(N(C)C(=O)c2ccnc(Oc3ccccc3)c2)CC1. The van der Waals surface area contributed by atoms with E-state index in [1.807, 2.05) is 42.3 Å². The van der Waals surface area contributed by atoms with Gasteiger partial charge in [0, 0.05) is 30.9 Å². The van der Waals surface area contributed by atoms with Crippen LogP contribution in [-0.2, 0) is 0 Å². The van der Waals surface area contributed by atoms with Gasteiger partial charge in [-0.1, -0.05) is 18.2 Å². The van der Waals surface area contributed by atoms with E-state index in [0.29, 0.717) is 23.2 Å². The lowest BCUT2D eigenvalue weighted by molar-refractivity contribution is 0.0659. The zero-order valence-electron chi connectivity index (χ0n) is 14.2. The summed E-state index contributed by atoms with van der Waals surface area (Å²) in [6.07, 6.45) is 3.64. The first-order chi connectivity index (χ1) is 11.6. The standard InChI is InChI=1S/C19H23N3O2/c1-21-12-9-16(10-13-21)22(2)19(23)15-8-11-20-18(14-15)24-17-6-4-3-5-7-17/h3-8,11,14,16H,9-10,12-13H2,1-2H3. The number of nitrogens with zero attached hydrogens (tertiary/aromatic N) is 3. The normalized spacial score (nSPS) is 15.9. The van der Waals surface area contributed by atoms with Gasteiger partial charge in [-0.3, -0.25) is 4.79 Å². The Labute approximate surface area is 142 Å². The lowest BCUT2D eigenvalue weighted by atomic mass is 10.0. The molecular weight excluding hydrogens is 302 g/mol. The molecule has 0 spiro atoms. The first kappa shape index (κ1) is 16.5. The molecule has 0 aliphatic carbocycles. The van der Waals surface area contributed by atoms with Crippen LogP contribution in [0.2, 0.25) is 0 Å². The molecule has 0 bridgehead atoms. The van der Waals surface area contributed by atoms with E-state index in [2.05, 4.69) is 16.9 Å². The largest absolute Gasteiger partial charge is 0.439 e. The van der Waals surface area contributed by atoms with Crippen LogP contribution in [0.3, 0.4) is 0 Å². The van der Waals surface area contributed by atoms with Gasteiger partial charge in [-0.15, -0.1) is 0 Å². The molecule has 5 nitrogen and oxygen atoms in total. The molecule has 24 heavy (non-hydrogen) atoms. The predicted molar refractivity (Wildman–Crippen MR) is 93.4 cm³/mol. The summed E-state index contributed by atoms with van der Waals surface area (Å²) in [6, 6.07) is 13.2. The van der Waals surface area contributed by atoms with Gasteiger partial charge in [0.15, 0.2) is 0 Å². The molecule has 1 aliphatic rings. The van der Waals surface area contributed by atoms with Crippen molar-refractivity contribution in [3.05, 3.63) is 54.2 Å². The van der Waals surface area contributed by atoms with Gasteiger partial charge in [0.2, 0.25) is 5.88 Å². The molecule has 0 radical (unpaired) electrons. The van der Waals surface area contributed by atoms with E-state index >= 15 is 0 Å². The molecule has 1 aromatic carbocycles. The van der Waals surface area contributed by atoms with E-state index in [4.69, 9.17) is 4.74 Å². The van der Waals surface area contributed by atoms with Crippen LogP contribution in [0.4, 0.5) is 0 Å². The molecule has 1 aromatic heterocycles. The molecule has 2 aromatic rings. The van der Waals surface area contributed by atoms with Crippen molar-refractivity contribution in [2.24, 2.45) is 0 Å². The van der Waals surface area contributed by atoms with Crippen molar-refractivity contribution in [1.29, 1.82) is 0 Å². The van der Waals surface area contributed by atoms with E-state index in [0.717, 1.165) is 25.9 Å². The third-order valence-electron chi connectivity index (χ3n) is 4.50. The minimum atomic E-state index is 0.0184. The maximum Gasteiger partial charge on any atom is 0.254 e. The molecule has 5 heteroatoms. The minimum absolute atomic E-state index is 0.0184. The number of carbonyl (C=O) groups is 1. The summed E-state index contributed by atoms with van der Waals surface area (Å²) >= 11 is 0. The van der Waals surface area contributed by atoms with Crippen LogP contribution in [0.25, 0.3) is 0 Å². The number of benzene rings is 1. The van der Waals surface area contributed by atoms with Gasteiger partial charge in [-0.25, -0.2) is 4.98 Å². The van der Waals surface area contributed by atoms with Crippen LogP contribution in [0.1, 0.15) is 23.2 Å². The van der Waals surface area contributed by atoms with Gasteiger partial charge >= 0.3 is 0 Å². The Bertz CT molecular complexity index is 682. The van der Waals surface area contributed by atoms with Crippen molar-refractivity contribution in [2.75, 3.05) is 27.2 Å². The third-order valence-corrected chi connectivity index (χ3v) is 4.50. The van der Waals surface area contributed by atoms with Gasteiger partial charge in [0.1, 0.15) is 5.75 Å². The summed E-state index contributed by atoms with van der Waals surface area (Å²) in [5, 5.41) is 0. The number of pyridine rings is 1. The highest BCUT2D eigenvalue weighted by Crippen LogP contribution is 2.21. The summed E-state index contributed by atoms with van der Waals surface area (Å²) < 4.78 is 5.72. The number of aromatic nitrogens is 1. The number of hydrogen-bond acceptors (Lipinski definition) is 4. The second-order valence-corrected chi connectivity index (χ2v) is 6.25. The number of para-hydroxylation sites is 1. The van der Waals surface area contributed by atoms with Crippen LogP contribution in [0.5, 0.6) is 11.6 Å². The summed E-state index contributed by atoms with van der Waals surface area (Å²) in [5.74, 6) is 1.16. The molecule has 0 saturated carbocycles. The van der Waals surface area contributed by atoms with Crippen LogP contribution in [0.15, 0.2) is 48.7 Å². The van der Waals surface area contributed by atoms with Gasteiger partial charge in [0.25, 0.3) is 5.91 Å². The molecule has 1 amide bonds. The molecular formula is C19H23N3O2. The second kappa shape index (κ2) is 7.45. The number of amides is 1. The third kappa shape index (κ3) is 3.92. The molecule has 1 fully saturated rings. The highest BCUT2D eigenvalue weighted by atomic mass is 16.5. The summed E-state index contributed by atoms with van der Waals surface area (Å²) in [4.78, 5) is 21.1. The Balaban J connectivity index is 1.69. The van der Waals surface area contributed by atoms with Crippen molar-refractivity contribution in [3.8, 4) is 11.6 Å². The molecule has 2 heterocycles. The highest BCUT2D eigenvalue weighted by molar-refractivity contribution is 5.94. The number of ether oxygens (including phenoxy) is 1. The van der Waals surface area contributed by atoms with E-state index in [1.165, 1.54) is 0 Å². The van der Waals surface area contributed by atoms with Crippen molar-refractivity contribution >= 4 is 5.91 Å². The number of hydrogen-bond donors (Lipinski definition) is 0. The Kier molecular flexibility index (Phi) is 5.11. The average Bonchev–Trinajstić information content (AvgIpc) is 2.62. The first-order valence-electron chi connectivity index (χ1n) is 8.28. The lowest BCUT2D eigenvalue weighted by Crippen LogP contribution is -2.44. The van der Waals surface area contributed by atoms with Crippen molar-refractivity contribution in [1.82, 2.24) is 14.8 Å². The molecule has 1 aliphatic heterocycles. The van der Waals surface area contributed by atoms with E-state index in [1.54, 1.807) is 18.3 Å². The Hall–Kier alpha value is -2.40. The van der Waals surface area contributed by atoms with E-state index in [9.17, 15) is 4.79 Å². The van der Waals surface area contributed by atoms with Crippen LogP contribution in [-0.4, -0.2) is 53.9 Å². The zero-order valence-corrected chi connectivity index (χ0v) is 14.2. The zero-order chi connectivity index (χ0) is 16.9. The quantitative estimate of drug-likeness (QED) is 0.867. The topological polar surface area (TPSA) is 45.7 Å². The molecule has 1 saturated heterocycles. The summed E-state index contributed by atoms with van der Waals surface area (Å²) in [6.45, 7) is 2.06.